The Labute approximate surface area is 309 Å². The summed E-state index contributed by atoms with van der Waals surface area (Å²) < 4.78 is 0. The molecule has 53 heavy (non-hydrogen) atoms. The summed E-state index contributed by atoms with van der Waals surface area (Å²) in [6, 6.07) is 77.3. The lowest BCUT2D eigenvalue weighted by Gasteiger charge is -2.27. The fourth-order valence-corrected chi connectivity index (χ4v) is 8.01. The van der Waals surface area contributed by atoms with E-state index in [4.69, 9.17) is 0 Å². The summed E-state index contributed by atoms with van der Waals surface area (Å²) in [4.78, 5) is 2.39. The van der Waals surface area contributed by atoms with Crippen molar-refractivity contribution < 1.29 is 0 Å². The molecule has 0 radical (unpaired) electrons. The zero-order valence-corrected chi connectivity index (χ0v) is 29.2. The van der Waals surface area contributed by atoms with Gasteiger partial charge in [0.05, 0.1) is 0 Å². The SMILES string of the molecule is c1cc(-c2ccc3ccccc3c2)cc(N(c2ccc(-c3cccc4ccccc34)cc2)c2cccc(-c3cc4ccccc4c4ccccc34)c2)c1. The van der Waals surface area contributed by atoms with Crippen molar-refractivity contribution in [3.05, 3.63) is 212 Å². The van der Waals surface area contributed by atoms with Crippen molar-refractivity contribution in [2.24, 2.45) is 0 Å². The van der Waals surface area contributed by atoms with E-state index in [1.807, 2.05) is 0 Å². The van der Waals surface area contributed by atoms with Gasteiger partial charge in [0.1, 0.15) is 0 Å². The largest absolute Gasteiger partial charge is 0.310 e. The van der Waals surface area contributed by atoms with Crippen molar-refractivity contribution in [3.63, 3.8) is 0 Å². The normalized spacial score (nSPS) is 11.4. The van der Waals surface area contributed by atoms with E-state index < -0.39 is 0 Å². The molecule has 10 rings (SSSR count). The number of benzene rings is 10. The van der Waals surface area contributed by atoms with Gasteiger partial charge in [0.25, 0.3) is 0 Å². The van der Waals surface area contributed by atoms with Crippen molar-refractivity contribution in [3.8, 4) is 33.4 Å². The quantitative estimate of drug-likeness (QED) is 0.159. The molecule has 0 aliphatic carbocycles. The van der Waals surface area contributed by atoms with Gasteiger partial charge in [-0.15, -0.1) is 0 Å². The molecular weight excluding hydrogens is 639 g/mol. The molecule has 0 aliphatic heterocycles. The highest BCUT2D eigenvalue weighted by Gasteiger charge is 2.17. The number of anilines is 3. The monoisotopic (exact) mass is 673 g/mol. The van der Waals surface area contributed by atoms with E-state index in [1.165, 1.54) is 76.5 Å². The first-order chi connectivity index (χ1) is 26.3. The van der Waals surface area contributed by atoms with Crippen LogP contribution >= 0.6 is 0 Å². The first-order valence-electron chi connectivity index (χ1n) is 18.3. The van der Waals surface area contributed by atoms with Gasteiger partial charge in [-0.25, -0.2) is 0 Å². The molecule has 0 heterocycles. The number of fused-ring (bicyclic) bond motifs is 5. The minimum Gasteiger partial charge on any atom is -0.310 e. The van der Waals surface area contributed by atoms with Crippen LogP contribution in [0.2, 0.25) is 0 Å². The maximum absolute atomic E-state index is 2.39. The van der Waals surface area contributed by atoms with Crippen molar-refractivity contribution >= 4 is 60.2 Å². The number of rotatable bonds is 6. The van der Waals surface area contributed by atoms with E-state index >= 15 is 0 Å². The average Bonchev–Trinajstić information content (AvgIpc) is 3.23. The molecule has 0 N–H and O–H groups in total. The van der Waals surface area contributed by atoms with Gasteiger partial charge in [-0.2, -0.15) is 0 Å². The molecule has 0 fully saturated rings. The van der Waals surface area contributed by atoms with Crippen LogP contribution < -0.4 is 4.90 Å². The summed E-state index contributed by atoms with van der Waals surface area (Å²) >= 11 is 0. The van der Waals surface area contributed by atoms with Gasteiger partial charge in [-0.05, 0) is 125 Å². The van der Waals surface area contributed by atoms with E-state index in [0.717, 1.165) is 17.1 Å². The second kappa shape index (κ2) is 13.0. The molecule has 0 bridgehead atoms. The first-order valence-corrected chi connectivity index (χ1v) is 18.3. The summed E-state index contributed by atoms with van der Waals surface area (Å²) in [7, 11) is 0. The van der Waals surface area contributed by atoms with Crippen LogP contribution in [0.15, 0.2) is 212 Å². The minimum atomic E-state index is 1.10. The molecule has 0 unspecified atom stereocenters. The average molecular weight is 674 g/mol. The van der Waals surface area contributed by atoms with Crippen LogP contribution in [0, 0.1) is 0 Å². The Balaban J connectivity index is 1.13. The highest BCUT2D eigenvalue weighted by molar-refractivity contribution is 6.14. The smallest absolute Gasteiger partial charge is 0.0467 e. The van der Waals surface area contributed by atoms with Crippen LogP contribution in [0.4, 0.5) is 17.1 Å². The lowest BCUT2D eigenvalue weighted by molar-refractivity contribution is 1.28. The second-order valence-electron chi connectivity index (χ2n) is 13.8. The standard InChI is InChI=1S/C52H35N/c1-2-14-39-32-41(27-26-36(39)12-1)40-17-9-19-45(33-40)53(44-30-28-38(29-31-44)48-25-11-16-37-13-3-5-21-47(37)48)46-20-10-18-42(34-46)52-35-43-15-4-6-22-49(43)50-23-7-8-24-51(50)52/h1-35H. The number of nitrogens with zero attached hydrogens (tertiary/aromatic N) is 1. The Morgan fingerprint density at radius 2 is 0.774 bits per heavy atom. The third-order valence-corrected chi connectivity index (χ3v) is 10.6. The lowest BCUT2D eigenvalue weighted by Crippen LogP contribution is -2.10. The zero-order chi connectivity index (χ0) is 35.1. The Morgan fingerprint density at radius 3 is 1.57 bits per heavy atom. The lowest BCUT2D eigenvalue weighted by atomic mass is 9.93. The van der Waals surface area contributed by atoms with Gasteiger partial charge in [-0.3, -0.25) is 0 Å². The molecule has 10 aromatic carbocycles. The fourth-order valence-electron chi connectivity index (χ4n) is 8.01. The predicted octanol–water partition coefficient (Wildman–Crippen LogP) is 14.8. The first kappa shape index (κ1) is 30.8. The molecule has 248 valence electrons. The predicted molar refractivity (Wildman–Crippen MR) is 227 cm³/mol. The Morgan fingerprint density at radius 1 is 0.226 bits per heavy atom. The summed E-state index contributed by atoms with van der Waals surface area (Å²) in [5.41, 5.74) is 10.6. The molecule has 1 nitrogen and oxygen atoms in total. The minimum absolute atomic E-state index is 1.10. The van der Waals surface area contributed by atoms with Gasteiger partial charge < -0.3 is 4.90 Å². The topological polar surface area (TPSA) is 3.24 Å². The molecule has 0 aliphatic rings. The molecule has 0 amide bonds. The van der Waals surface area contributed by atoms with E-state index in [1.54, 1.807) is 0 Å². The van der Waals surface area contributed by atoms with Gasteiger partial charge >= 0.3 is 0 Å². The number of hydrogen-bond acceptors (Lipinski definition) is 1. The van der Waals surface area contributed by atoms with E-state index in [9.17, 15) is 0 Å². The molecule has 10 aromatic rings. The molecular formula is C52H35N. The third kappa shape index (κ3) is 5.60. The third-order valence-electron chi connectivity index (χ3n) is 10.6. The maximum Gasteiger partial charge on any atom is 0.0467 e. The highest BCUT2D eigenvalue weighted by Crippen LogP contribution is 2.41. The molecule has 0 aromatic heterocycles. The summed E-state index contributed by atoms with van der Waals surface area (Å²) in [5.74, 6) is 0. The number of hydrogen-bond donors (Lipinski definition) is 0. The van der Waals surface area contributed by atoms with Crippen LogP contribution in [-0.2, 0) is 0 Å². The van der Waals surface area contributed by atoms with Crippen LogP contribution in [0.5, 0.6) is 0 Å². The van der Waals surface area contributed by atoms with Crippen molar-refractivity contribution in [1.82, 2.24) is 0 Å². The van der Waals surface area contributed by atoms with Crippen LogP contribution in [0.25, 0.3) is 76.5 Å². The van der Waals surface area contributed by atoms with Crippen LogP contribution in [-0.4, -0.2) is 0 Å². The van der Waals surface area contributed by atoms with Crippen molar-refractivity contribution in [1.29, 1.82) is 0 Å². The maximum atomic E-state index is 2.39. The molecule has 0 saturated heterocycles. The van der Waals surface area contributed by atoms with Gasteiger partial charge in [0.15, 0.2) is 0 Å². The summed E-state index contributed by atoms with van der Waals surface area (Å²) in [6.07, 6.45) is 0. The zero-order valence-electron chi connectivity index (χ0n) is 29.2. The van der Waals surface area contributed by atoms with Crippen molar-refractivity contribution in [2.75, 3.05) is 4.90 Å². The van der Waals surface area contributed by atoms with Crippen molar-refractivity contribution in [2.45, 2.75) is 0 Å². The Bertz CT molecular complexity index is 2950. The van der Waals surface area contributed by atoms with E-state index in [0.29, 0.717) is 0 Å². The van der Waals surface area contributed by atoms with Crippen LogP contribution in [0.1, 0.15) is 0 Å². The van der Waals surface area contributed by atoms with Crippen LogP contribution in [0.3, 0.4) is 0 Å². The molecule has 0 atom stereocenters. The fraction of sp³-hybridized carbons (Fsp3) is 0. The van der Waals surface area contributed by atoms with Gasteiger partial charge in [0, 0.05) is 17.1 Å². The molecule has 0 spiro atoms. The van der Waals surface area contributed by atoms with Gasteiger partial charge in [0.2, 0.25) is 0 Å². The van der Waals surface area contributed by atoms with Gasteiger partial charge in [-0.1, -0.05) is 164 Å². The second-order valence-corrected chi connectivity index (χ2v) is 13.8. The summed E-state index contributed by atoms with van der Waals surface area (Å²) in [5, 5.41) is 10.1. The Kier molecular flexibility index (Phi) is 7.55. The van der Waals surface area contributed by atoms with E-state index in [2.05, 4.69) is 217 Å². The molecule has 0 saturated carbocycles. The highest BCUT2D eigenvalue weighted by atomic mass is 15.1. The molecule has 1 heteroatoms. The Hall–Kier alpha value is -6.96. The summed E-state index contributed by atoms with van der Waals surface area (Å²) in [6.45, 7) is 0. The van der Waals surface area contributed by atoms with E-state index in [-0.39, 0.29) is 0 Å².